The van der Waals surface area contributed by atoms with Gasteiger partial charge in [-0.15, -0.1) is 28.1 Å². The molecule has 1 N–H and O–H groups in total. The van der Waals surface area contributed by atoms with E-state index in [0.717, 1.165) is 16.7 Å². The molecule has 2 aromatic heterocycles. The predicted octanol–water partition coefficient (Wildman–Crippen LogP) is 7.12. The molecule has 208 valence electrons. The first kappa shape index (κ1) is 29.4. The summed E-state index contributed by atoms with van der Waals surface area (Å²) in [5, 5.41) is 15.0. The van der Waals surface area contributed by atoms with Crippen LogP contribution < -0.4 is 10.1 Å². The topological polar surface area (TPSA) is 95.3 Å². The van der Waals surface area contributed by atoms with E-state index < -0.39 is 12.1 Å². The van der Waals surface area contributed by atoms with Crippen molar-refractivity contribution in [2.75, 3.05) is 18.2 Å². The minimum atomic E-state index is -0.514. The number of thiophene rings is 1. The maximum absolute atomic E-state index is 13.0. The number of carbonyl (C=O) groups is 2. The number of amides is 1. The van der Waals surface area contributed by atoms with Crippen molar-refractivity contribution < 1.29 is 19.1 Å². The molecule has 1 atom stereocenters. The molecule has 2 aromatic carbocycles. The number of nitrogens with zero attached hydrogens (tertiary/aromatic N) is 3. The molecule has 4 rings (SSSR count). The number of aromatic nitrogens is 3. The van der Waals surface area contributed by atoms with Crippen LogP contribution >= 0.6 is 34.7 Å². The highest BCUT2D eigenvalue weighted by atomic mass is 35.5. The van der Waals surface area contributed by atoms with Crippen molar-refractivity contribution in [1.29, 1.82) is 0 Å². The highest BCUT2D eigenvalue weighted by molar-refractivity contribution is 7.99. The summed E-state index contributed by atoms with van der Waals surface area (Å²) in [5.41, 5.74) is 3.92. The van der Waals surface area contributed by atoms with Gasteiger partial charge in [0.25, 0.3) is 0 Å². The fourth-order valence-electron chi connectivity index (χ4n) is 3.99. The number of anilines is 1. The number of thioether (sulfide) groups is 1. The lowest BCUT2D eigenvalue weighted by molar-refractivity contribution is -0.113. The lowest BCUT2D eigenvalue weighted by atomic mass is 10.0. The molecule has 0 bridgehead atoms. The van der Waals surface area contributed by atoms with Crippen molar-refractivity contribution in [2.24, 2.45) is 0 Å². The van der Waals surface area contributed by atoms with E-state index in [0.29, 0.717) is 44.4 Å². The van der Waals surface area contributed by atoms with Gasteiger partial charge in [-0.05, 0) is 50.1 Å². The first-order valence-electron chi connectivity index (χ1n) is 12.4. The lowest BCUT2D eigenvalue weighted by Gasteiger charge is -2.17. The number of rotatable bonds is 11. The molecule has 0 spiro atoms. The van der Waals surface area contributed by atoms with E-state index in [1.165, 1.54) is 30.2 Å². The molecular weight excluding hydrogens is 568 g/mol. The fourth-order valence-corrected chi connectivity index (χ4v) is 5.94. The zero-order valence-corrected chi connectivity index (χ0v) is 25.0. The molecule has 0 aliphatic rings. The van der Waals surface area contributed by atoms with Crippen molar-refractivity contribution in [3.8, 4) is 16.9 Å². The van der Waals surface area contributed by atoms with Gasteiger partial charge in [0.15, 0.2) is 17.1 Å². The molecule has 0 radical (unpaired) electrons. The number of hydrogen-bond acceptors (Lipinski definition) is 8. The van der Waals surface area contributed by atoms with Crippen LogP contribution in [0.2, 0.25) is 5.02 Å². The van der Waals surface area contributed by atoms with E-state index in [4.69, 9.17) is 21.1 Å². The quantitative estimate of drug-likeness (QED) is 0.112. The van der Waals surface area contributed by atoms with E-state index in [2.05, 4.69) is 22.1 Å². The summed E-state index contributed by atoms with van der Waals surface area (Å²) in [5.74, 6) is 0.551. The van der Waals surface area contributed by atoms with Crippen molar-refractivity contribution in [2.45, 2.75) is 38.6 Å². The van der Waals surface area contributed by atoms with Crippen LogP contribution in [0.5, 0.6) is 5.75 Å². The second kappa shape index (κ2) is 13.2. The standard InChI is InChI=1S/C29H29ClN4O4S2/c1-6-13-34-26(19(4)38-23-12-11-21(30)14-18(23)3)32-33-29(34)40-16-24(35)31-27-25(28(36)37-5)22(15-39-27)20-9-7-17(2)8-10-20/h6-12,14-15,19H,1,13,16H2,2-5H3,(H,31,35). The lowest BCUT2D eigenvalue weighted by Crippen LogP contribution is -2.17. The van der Waals surface area contributed by atoms with E-state index in [-0.39, 0.29) is 11.7 Å². The second-order valence-electron chi connectivity index (χ2n) is 8.96. The van der Waals surface area contributed by atoms with Crippen LogP contribution in [0.25, 0.3) is 11.1 Å². The van der Waals surface area contributed by atoms with Gasteiger partial charge < -0.3 is 14.8 Å². The summed E-state index contributed by atoms with van der Waals surface area (Å²) in [6, 6.07) is 13.2. The van der Waals surface area contributed by atoms with Crippen LogP contribution in [-0.2, 0) is 16.1 Å². The third kappa shape index (κ3) is 6.75. The molecule has 8 nitrogen and oxygen atoms in total. The van der Waals surface area contributed by atoms with E-state index >= 15 is 0 Å². The third-order valence-electron chi connectivity index (χ3n) is 5.99. The van der Waals surface area contributed by atoms with Gasteiger partial charge in [0, 0.05) is 22.5 Å². The second-order valence-corrected chi connectivity index (χ2v) is 11.2. The van der Waals surface area contributed by atoms with Crippen LogP contribution in [0.15, 0.2) is 65.7 Å². The highest BCUT2D eigenvalue weighted by Gasteiger charge is 2.24. The Bertz CT molecular complexity index is 1530. The SMILES string of the molecule is C=CCn1c(SCC(=O)Nc2scc(-c3ccc(C)cc3)c2C(=O)OC)nnc1C(C)Oc1ccc(Cl)cc1C. The average molecular weight is 597 g/mol. The Balaban J connectivity index is 1.48. The van der Waals surface area contributed by atoms with Crippen molar-refractivity contribution in [3.05, 3.63) is 88.0 Å². The first-order valence-corrected chi connectivity index (χ1v) is 14.6. The van der Waals surface area contributed by atoms with Gasteiger partial charge in [0.05, 0.1) is 12.9 Å². The highest BCUT2D eigenvalue weighted by Crippen LogP contribution is 2.36. The van der Waals surface area contributed by atoms with Crippen LogP contribution in [0, 0.1) is 13.8 Å². The number of benzene rings is 2. The van der Waals surface area contributed by atoms with Gasteiger partial charge in [-0.3, -0.25) is 9.36 Å². The molecule has 0 aliphatic heterocycles. The number of allylic oxidation sites excluding steroid dienone is 1. The molecule has 4 aromatic rings. The summed E-state index contributed by atoms with van der Waals surface area (Å²) in [6.45, 7) is 10.1. The Labute approximate surface area is 246 Å². The number of hydrogen-bond donors (Lipinski definition) is 1. The zero-order valence-electron chi connectivity index (χ0n) is 22.6. The van der Waals surface area contributed by atoms with Crippen LogP contribution in [0.4, 0.5) is 5.00 Å². The summed E-state index contributed by atoms with van der Waals surface area (Å²) >= 11 is 8.58. The van der Waals surface area contributed by atoms with E-state index in [1.807, 2.05) is 67.1 Å². The molecule has 0 saturated carbocycles. The van der Waals surface area contributed by atoms with Crippen molar-refractivity contribution >= 4 is 51.6 Å². The largest absolute Gasteiger partial charge is 0.482 e. The van der Waals surface area contributed by atoms with E-state index in [9.17, 15) is 9.59 Å². The molecule has 2 heterocycles. The number of ether oxygens (including phenoxy) is 2. The Morgan fingerprint density at radius 2 is 1.95 bits per heavy atom. The maximum atomic E-state index is 13.0. The van der Waals surface area contributed by atoms with E-state index in [1.54, 1.807) is 12.1 Å². The van der Waals surface area contributed by atoms with Crippen LogP contribution in [-0.4, -0.2) is 39.5 Å². The molecule has 11 heteroatoms. The molecule has 1 unspecified atom stereocenters. The number of esters is 1. The Hall–Kier alpha value is -3.60. The summed E-state index contributed by atoms with van der Waals surface area (Å²) in [6.07, 6.45) is 1.32. The molecule has 40 heavy (non-hydrogen) atoms. The monoisotopic (exact) mass is 596 g/mol. The minimum absolute atomic E-state index is 0.0547. The predicted molar refractivity (Wildman–Crippen MR) is 161 cm³/mol. The van der Waals surface area contributed by atoms with Crippen molar-refractivity contribution in [1.82, 2.24) is 14.8 Å². The summed E-state index contributed by atoms with van der Waals surface area (Å²) in [7, 11) is 1.32. The zero-order chi connectivity index (χ0) is 28.8. The molecule has 0 aliphatic carbocycles. The number of nitrogens with one attached hydrogen (secondary N) is 1. The number of methoxy groups -OCH3 is 1. The average Bonchev–Trinajstić information content (AvgIpc) is 3.53. The smallest absolute Gasteiger partial charge is 0.341 e. The molecular formula is C29H29ClN4O4S2. The van der Waals surface area contributed by atoms with Crippen molar-refractivity contribution in [3.63, 3.8) is 0 Å². The Morgan fingerprint density at radius 1 is 1.20 bits per heavy atom. The van der Waals surface area contributed by atoms with Gasteiger partial charge in [0.1, 0.15) is 16.3 Å². The van der Waals surface area contributed by atoms with Gasteiger partial charge in [-0.2, -0.15) is 0 Å². The minimum Gasteiger partial charge on any atom is -0.482 e. The molecule has 1 amide bonds. The number of aryl methyl sites for hydroxylation is 2. The number of carbonyl (C=O) groups excluding carboxylic acids is 2. The summed E-state index contributed by atoms with van der Waals surface area (Å²) in [4.78, 5) is 25.6. The Kier molecular flexibility index (Phi) is 9.67. The maximum Gasteiger partial charge on any atom is 0.341 e. The molecule has 0 fully saturated rings. The van der Waals surface area contributed by atoms with Gasteiger partial charge in [0.2, 0.25) is 5.91 Å². The van der Waals surface area contributed by atoms with Gasteiger partial charge in [-0.1, -0.05) is 59.3 Å². The first-order chi connectivity index (χ1) is 19.2. The number of halogens is 1. The van der Waals surface area contributed by atoms with Gasteiger partial charge in [-0.25, -0.2) is 4.79 Å². The third-order valence-corrected chi connectivity index (χ3v) is 8.09. The normalized spacial score (nSPS) is 11.6. The van der Waals surface area contributed by atoms with Crippen LogP contribution in [0.3, 0.4) is 0 Å². The van der Waals surface area contributed by atoms with Gasteiger partial charge >= 0.3 is 5.97 Å². The molecule has 0 saturated heterocycles. The Morgan fingerprint density at radius 3 is 2.62 bits per heavy atom. The van der Waals surface area contributed by atoms with Crippen LogP contribution in [0.1, 0.15) is 40.3 Å². The fraction of sp³-hybridized carbons (Fsp3) is 0.241. The summed E-state index contributed by atoms with van der Waals surface area (Å²) < 4.78 is 13.0.